The number of hydrogen-bond donors (Lipinski definition) is 2. The van der Waals surface area contributed by atoms with Crippen molar-refractivity contribution >= 4 is 64.0 Å². The maximum atomic E-state index is 12.8. The van der Waals surface area contributed by atoms with Crippen LogP contribution >= 0.6 is 23.1 Å². The molecular formula is C17H16N5O8S2-3. The molecule has 0 amide bonds. The van der Waals surface area contributed by atoms with Crippen LogP contribution in [0.3, 0.4) is 0 Å². The molecule has 0 saturated carbocycles. The Bertz CT molecular complexity index is 1050. The maximum Gasteiger partial charge on any atom is 0.344 e. The Morgan fingerprint density at radius 3 is 2.47 bits per heavy atom. The highest BCUT2D eigenvalue weighted by Crippen LogP contribution is 2.37. The van der Waals surface area contributed by atoms with Gasteiger partial charge in [0, 0.05) is 23.2 Å². The highest BCUT2D eigenvalue weighted by molar-refractivity contribution is 8.01. The summed E-state index contributed by atoms with van der Waals surface area (Å²) in [6.45, 7) is 5.78. The molecule has 32 heavy (non-hydrogen) atoms. The molecule has 0 spiro atoms. The van der Waals surface area contributed by atoms with E-state index < -0.39 is 46.0 Å². The van der Waals surface area contributed by atoms with Crippen molar-refractivity contribution in [2.75, 3.05) is 11.5 Å². The van der Waals surface area contributed by atoms with Gasteiger partial charge in [-0.2, -0.15) is 0 Å². The minimum atomic E-state index is -2.41. The molecule has 0 aromatic carbocycles. The van der Waals surface area contributed by atoms with Crippen molar-refractivity contribution < 1.29 is 39.6 Å². The molecule has 13 nitrogen and oxygen atoms in total. The molecule has 0 fully saturated rings. The maximum absolute atomic E-state index is 12.8. The number of nitrogen functional groups attached to an aromatic ring is 1. The first kappa shape index (κ1) is 24.8. The Labute approximate surface area is 189 Å². The van der Waals surface area contributed by atoms with Gasteiger partial charge in [-0.3, -0.25) is 9.98 Å². The number of hydrogen-bond acceptors (Lipinski definition) is 14. The van der Waals surface area contributed by atoms with Gasteiger partial charge in [0.05, 0.1) is 11.9 Å². The van der Waals surface area contributed by atoms with Gasteiger partial charge in [-0.05, 0) is 19.4 Å². The lowest BCUT2D eigenvalue weighted by molar-refractivity contribution is -0.325. The van der Waals surface area contributed by atoms with Crippen LogP contribution < -0.4 is 21.1 Å². The SMILES string of the molecule is C=C1C=N[C@](C(=O)O)([C@@H](N=C([O-])/C(=N/OC(C)(C)C(=O)[O-])c2csc(N)n2)C(=O)[O-])SC1. The lowest BCUT2D eigenvalue weighted by Gasteiger charge is -2.34. The molecule has 2 atom stereocenters. The zero-order valence-corrected chi connectivity index (χ0v) is 18.3. The number of aliphatic imine (C=N–C) groups is 2. The standard InChI is InChI=1S/C17H19N5O8S2/c1-7-4-19-17(14(28)29,32-5-7)10(12(24)25)21-11(23)9(8-6-31-15(18)20-8)22-30-16(2,3)13(26)27/h4,6,10H,1,5H2,2-3H3,(H2,18,20)(H,21,23)(H,24,25)(H,26,27)(H,28,29)/p-3/b22-9+/t10-,17+/m0/s1. The van der Waals surface area contributed by atoms with Crippen LogP contribution in [-0.4, -0.2) is 68.1 Å². The molecule has 0 unspecified atom stereocenters. The Morgan fingerprint density at radius 2 is 2.03 bits per heavy atom. The fraction of sp³-hybridized carbons (Fsp3) is 0.353. The Kier molecular flexibility index (Phi) is 7.25. The van der Waals surface area contributed by atoms with E-state index in [9.17, 15) is 34.8 Å². The largest absolute Gasteiger partial charge is 0.857 e. The number of aromatic nitrogens is 1. The number of anilines is 1. The van der Waals surface area contributed by atoms with Gasteiger partial charge in [0.2, 0.25) is 4.87 Å². The lowest BCUT2D eigenvalue weighted by atomic mass is 10.1. The number of carbonyl (C=O) groups is 3. The van der Waals surface area contributed by atoms with Crippen LogP contribution in [0.2, 0.25) is 0 Å². The van der Waals surface area contributed by atoms with E-state index in [4.69, 9.17) is 10.6 Å². The summed E-state index contributed by atoms with van der Waals surface area (Å²) in [5.41, 5.74) is 3.07. The fourth-order valence-electron chi connectivity index (χ4n) is 2.11. The number of carbonyl (C=O) groups excluding carboxylic acids is 2. The van der Waals surface area contributed by atoms with Crippen molar-refractivity contribution in [3.8, 4) is 0 Å². The van der Waals surface area contributed by atoms with E-state index in [1.165, 1.54) is 5.38 Å². The second kappa shape index (κ2) is 9.35. The molecule has 0 saturated heterocycles. The first-order valence-corrected chi connectivity index (χ1v) is 10.4. The molecule has 0 radical (unpaired) electrons. The summed E-state index contributed by atoms with van der Waals surface area (Å²) in [6, 6.07) is -2.28. The molecule has 1 aromatic heterocycles. The van der Waals surface area contributed by atoms with Gasteiger partial charge in [-0.25, -0.2) is 9.78 Å². The van der Waals surface area contributed by atoms with Crippen molar-refractivity contribution in [2.24, 2.45) is 15.1 Å². The molecule has 1 aliphatic heterocycles. The summed E-state index contributed by atoms with van der Waals surface area (Å²) in [6.07, 6.45) is 1.07. The highest BCUT2D eigenvalue weighted by Gasteiger charge is 2.49. The number of thiazole rings is 1. The van der Waals surface area contributed by atoms with Crippen molar-refractivity contribution in [3.05, 3.63) is 23.2 Å². The van der Waals surface area contributed by atoms with E-state index in [-0.39, 0.29) is 16.6 Å². The molecule has 0 aliphatic carbocycles. The third-order valence-electron chi connectivity index (χ3n) is 3.89. The van der Waals surface area contributed by atoms with Gasteiger partial charge in [0.1, 0.15) is 17.4 Å². The van der Waals surface area contributed by atoms with Crippen LogP contribution in [0.1, 0.15) is 19.5 Å². The van der Waals surface area contributed by atoms with Crippen LogP contribution in [0.15, 0.2) is 32.7 Å². The van der Waals surface area contributed by atoms with Gasteiger partial charge >= 0.3 is 5.97 Å². The second-order valence-corrected chi connectivity index (χ2v) is 8.85. The molecule has 1 aromatic rings. The Morgan fingerprint density at radius 1 is 1.38 bits per heavy atom. The molecule has 172 valence electrons. The number of aliphatic carboxylic acids is 3. The second-order valence-electron chi connectivity index (χ2n) is 6.76. The van der Waals surface area contributed by atoms with Gasteiger partial charge in [0.25, 0.3) is 0 Å². The van der Waals surface area contributed by atoms with Crippen LogP contribution in [-0.2, 0) is 19.2 Å². The van der Waals surface area contributed by atoms with Crippen LogP contribution in [0.4, 0.5) is 5.13 Å². The average molecular weight is 482 g/mol. The minimum Gasteiger partial charge on any atom is -0.857 e. The van der Waals surface area contributed by atoms with Crippen molar-refractivity contribution in [1.82, 2.24) is 4.98 Å². The fourth-order valence-corrected chi connectivity index (χ4v) is 3.70. The molecular weight excluding hydrogens is 466 g/mol. The number of carboxylic acid groups (broad SMARTS) is 3. The van der Waals surface area contributed by atoms with Crippen molar-refractivity contribution in [3.63, 3.8) is 0 Å². The minimum absolute atomic E-state index is 0.00377. The van der Waals surface area contributed by atoms with Gasteiger partial charge in [-0.1, -0.05) is 11.7 Å². The van der Waals surface area contributed by atoms with Crippen molar-refractivity contribution in [2.45, 2.75) is 30.4 Å². The summed E-state index contributed by atoms with van der Waals surface area (Å²) in [7, 11) is 0. The number of nitrogens with two attached hydrogens (primary N) is 1. The Hall–Kier alpha value is -3.46. The van der Waals surface area contributed by atoms with Gasteiger partial charge in [0.15, 0.2) is 10.7 Å². The van der Waals surface area contributed by atoms with Crippen molar-refractivity contribution in [1.29, 1.82) is 0 Å². The quantitative estimate of drug-likeness (QED) is 0.205. The van der Waals surface area contributed by atoms with E-state index in [0.29, 0.717) is 17.3 Å². The Balaban J connectivity index is 2.59. The number of oxime groups is 1. The summed E-state index contributed by atoms with van der Waals surface area (Å²) >= 11 is 1.48. The third kappa shape index (κ3) is 5.23. The number of nitrogens with zero attached hydrogens (tertiary/aromatic N) is 4. The van der Waals surface area contributed by atoms with E-state index in [1.807, 2.05) is 0 Å². The topological polar surface area (TPSA) is 226 Å². The average Bonchev–Trinajstić information content (AvgIpc) is 3.12. The summed E-state index contributed by atoms with van der Waals surface area (Å²) < 4.78 is 0. The van der Waals surface area contributed by atoms with Gasteiger partial charge in [-0.15, -0.1) is 23.1 Å². The normalized spacial score (nSPS) is 20.6. The molecule has 15 heteroatoms. The van der Waals surface area contributed by atoms with Crippen LogP contribution in [0, 0.1) is 0 Å². The first-order valence-electron chi connectivity index (χ1n) is 8.55. The predicted octanol–water partition coefficient (Wildman–Crippen LogP) is -2.99. The molecule has 2 rings (SSSR count). The monoisotopic (exact) mass is 482 g/mol. The van der Waals surface area contributed by atoms with Crippen LogP contribution in [0.25, 0.3) is 0 Å². The summed E-state index contributed by atoms with van der Waals surface area (Å²) in [5, 5.41) is 50.1. The number of rotatable bonds is 9. The molecule has 0 bridgehead atoms. The lowest BCUT2D eigenvalue weighted by Crippen LogP contribution is -2.55. The zero-order chi connectivity index (χ0) is 24.3. The zero-order valence-electron chi connectivity index (χ0n) is 16.6. The number of carboxylic acids is 3. The molecule has 3 N–H and O–H groups in total. The third-order valence-corrected chi connectivity index (χ3v) is 6.02. The van der Waals surface area contributed by atoms with Crippen LogP contribution in [0.5, 0.6) is 0 Å². The summed E-state index contributed by atoms with van der Waals surface area (Å²) in [4.78, 5) is 48.3. The van der Waals surface area contributed by atoms with Gasteiger partial charge < -0.3 is 40.6 Å². The smallest absolute Gasteiger partial charge is 0.344 e. The van der Waals surface area contributed by atoms with E-state index in [1.54, 1.807) is 0 Å². The van der Waals surface area contributed by atoms with E-state index in [2.05, 4.69) is 26.7 Å². The van der Waals surface area contributed by atoms with E-state index >= 15 is 0 Å². The number of thioether (sulfide) groups is 1. The predicted molar refractivity (Wildman–Crippen MR) is 110 cm³/mol. The first-order chi connectivity index (χ1) is 14.8. The van der Waals surface area contributed by atoms with E-state index in [0.717, 1.165) is 31.4 Å². The highest BCUT2D eigenvalue weighted by atomic mass is 32.2. The molecule has 1 aliphatic rings. The summed E-state index contributed by atoms with van der Waals surface area (Å²) in [5.74, 6) is -6.70. The molecule has 2 heterocycles.